The van der Waals surface area contributed by atoms with Gasteiger partial charge in [-0.1, -0.05) is 12.1 Å². The van der Waals surface area contributed by atoms with Gasteiger partial charge in [-0.05, 0) is 35.4 Å². The Kier molecular flexibility index (Phi) is 2.41. The molecule has 0 aromatic heterocycles. The summed E-state index contributed by atoms with van der Waals surface area (Å²) in [5.74, 6) is 1.41. The Labute approximate surface area is 85.9 Å². The SMILES string of the molecule is O=C(Cl)/C=C/c1ccc2c(c1)OCO2. The molecule has 1 aromatic rings. The lowest BCUT2D eigenvalue weighted by atomic mass is 10.2. The van der Waals surface area contributed by atoms with Crippen LogP contribution in [0.5, 0.6) is 11.5 Å². The Morgan fingerprint density at radius 3 is 2.93 bits per heavy atom. The third-order valence-electron chi connectivity index (χ3n) is 1.80. The summed E-state index contributed by atoms with van der Waals surface area (Å²) in [6.07, 6.45) is 2.91. The molecule has 2 rings (SSSR count). The van der Waals surface area contributed by atoms with Crippen LogP contribution in [0.2, 0.25) is 0 Å². The molecule has 0 saturated carbocycles. The molecule has 0 fully saturated rings. The fourth-order valence-electron chi connectivity index (χ4n) is 1.18. The molecule has 0 amide bonds. The van der Waals surface area contributed by atoms with Crippen molar-refractivity contribution in [2.24, 2.45) is 0 Å². The van der Waals surface area contributed by atoms with E-state index in [1.54, 1.807) is 18.2 Å². The summed E-state index contributed by atoms with van der Waals surface area (Å²) in [7, 11) is 0. The van der Waals surface area contributed by atoms with Gasteiger partial charge >= 0.3 is 0 Å². The molecule has 0 bridgehead atoms. The summed E-state index contributed by atoms with van der Waals surface area (Å²) in [5, 5.41) is -0.498. The molecule has 1 aromatic carbocycles. The Balaban J connectivity index is 2.25. The summed E-state index contributed by atoms with van der Waals surface area (Å²) in [6.45, 7) is 0.247. The number of ether oxygens (including phenoxy) is 2. The molecule has 0 saturated heterocycles. The van der Waals surface area contributed by atoms with Gasteiger partial charge in [0.25, 0.3) is 0 Å². The number of carbonyl (C=O) groups is 1. The molecular formula is C10H7ClO3. The lowest BCUT2D eigenvalue weighted by molar-refractivity contribution is -0.107. The van der Waals surface area contributed by atoms with E-state index in [1.165, 1.54) is 6.08 Å². The molecule has 1 aliphatic rings. The molecule has 14 heavy (non-hydrogen) atoms. The van der Waals surface area contributed by atoms with Crippen LogP contribution < -0.4 is 9.47 Å². The smallest absolute Gasteiger partial charge is 0.245 e. The van der Waals surface area contributed by atoms with Crippen molar-refractivity contribution in [3.8, 4) is 11.5 Å². The first-order chi connectivity index (χ1) is 6.75. The Morgan fingerprint density at radius 1 is 1.36 bits per heavy atom. The summed E-state index contributed by atoms with van der Waals surface area (Å²) in [5.41, 5.74) is 0.850. The van der Waals surface area contributed by atoms with Gasteiger partial charge in [-0.2, -0.15) is 0 Å². The summed E-state index contributed by atoms with van der Waals surface area (Å²) in [6, 6.07) is 5.41. The first kappa shape index (κ1) is 9.09. The van der Waals surface area contributed by atoms with Gasteiger partial charge in [0.15, 0.2) is 11.5 Å². The molecule has 1 aliphatic heterocycles. The van der Waals surface area contributed by atoms with E-state index in [-0.39, 0.29) is 6.79 Å². The molecule has 0 aliphatic carbocycles. The lowest BCUT2D eigenvalue weighted by Gasteiger charge is -1.96. The lowest BCUT2D eigenvalue weighted by Crippen LogP contribution is -1.92. The van der Waals surface area contributed by atoms with Gasteiger partial charge in [-0.3, -0.25) is 4.79 Å². The number of carbonyl (C=O) groups excluding carboxylic acids is 1. The predicted octanol–water partition coefficient (Wildman–Crippen LogP) is 2.19. The van der Waals surface area contributed by atoms with E-state index in [1.807, 2.05) is 6.07 Å². The van der Waals surface area contributed by atoms with Gasteiger partial charge in [0, 0.05) is 0 Å². The monoisotopic (exact) mass is 210 g/mol. The Morgan fingerprint density at radius 2 is 2.14 bits per heavy atom. The fourth-order valence-corrected chi connectivity index (χ4v) is 1.24. The number of hydrogen-bond donors (Lipinski definition) is 0. The van der Waals surface area contributed by atoms with Gasteiger partial charge in [-0.15, -0.1) is 0 Å². The van der Waals surface area contributed by atoms with Crippen molar-refractivity contribution in [3.05, 3.63) is 29.8 Å². The zero-order chi connectivity index (χ0) is 9.97. The molecule has 0 N–H and O–H groups in total. The average Bonchev–Trinajstić information content (AvgIpc) is 2.61. The molecule has 0 atom stereocenters. The average molecular weight is 211 g/mol. The van der Waals surface area contributed by atoms with Crippen LogP contribution in [0.1, 0.15) is 5.56 Å². The van der Waals surface area contributed by atoms with Crippen LogP contribution in [0, 0.1) is 0 Å². The molecule has 0 radical (unpaired) electrons. The van der Waals surface area contributed by atoms with E-state index >= 15 is 0 Å². The van der Waals surface area contributed by atoms with E-state index in [4.69, 9.17) is 21.1 Å². The van der Waals surface area contributed by atoms with Gasteiger partial charge in [0.2, 0.25) is 12.0 Å². The van der Waals surface area contributed by atoms with Crippen molar-refractivity contribution >= 4 is 22.9 Å². The Bertz CT molecular complexity index is 398. The van der Waals surface area contributed by atoms with Crippen molar-refractivity contribution in [2.45, 2.75) is 0 Å². The van der Waals surface area contributed by atoms with Crippen molar-refractivity contribution in [1.82, 2.24) is 0 Å². The highest BCUT2D eigenvalue weighted by molar-refractivity contribution is 6.66. The third-order valence-corrected chi connectivity index (χ3v) is 1.93. The highest BCUT2D eigenvalue weighted by atomic mass is 35.5. The quantitative estimate of drug-likeness (QED) is 0.555. The highest BCUT2D eigenvalue weighted by Crippen LogP contribution is 2.32. The summed E-state index contributed by atoms with van der Waals surface area (Å²) >= 11 is 5.16. The normalized spacial score (nSPS) is 13.5. The molecule has 72 valence electrons. The third kappa shape index (κ3) is 1.88. The van der Waals surface area contributed by atoms with Crippen molar-refractivity contribution in [2.75, 3.05) is 6.79 Å². The van der Waals surface area contributed by atoms with Crippen molar-refractivity contribution < 1.29 is 14.3 Å². The minimum absolute atomic E-state index is 0.247. The van der Waals surface area contributed by atoms with Gasteiger partial charge in [0.1, 0.15) is 0 Å². The van der Waals surface area contributed by atoms with Crippen LogP contribution in [0.4, 0.5) is 0 Å². The molecule has 1 heterocycles. The maximum atomic E-state index is 10.5. The minimum atomic E-state index is -0.498. The van der Waals surface area contributed by atoms with Crippen LogP contribution in [0.15, 0.2) is 24.3 Å². The first-order valence-electron chi connectivity index (χ1n) is 4.03. The number of hydrogen-bond acceptors (Lipinski definition) is 3. The zero-order valence-corrected chi connectivity index (χ0v) is 7.95. The maximum Gasteiger partial charge on any atom is 0.245 e. The van der Waals surface area contributed by atoms with Crippen LogP contribution in [0.25, 0.3) is 6.08 Å². The topological polar surface area (TPSA) is 35.5 Å². The predicted molar refractivity (Wildman–Crippen MR) is 52.5 cm³/mol. The van der Waals surface area contributed by atoms with E-state index in [0.717, 1.165) is 11.3 Å². The van der Waals surface area contributed by atoms with E-state index in [9.17, 15) is 4.79 Å². The Hall–Kier alpha value is -1.48. The van der Waals surface area contributed by atoms with E-state index < -0.39 is 5.24 Å². The van der Waals surface area contributed by atoms with E-state index in [0.29, 0.717) is 5.75 Å². The van der Waals surface area contributed by atoms with Crippen LogP contribution in [0.3, 0.4) is 0 Å². The molecule has 0 spiro atoms. The van der Waals surface area contributed by atoms with Gasteiger partial charge < -0.3 is 9.47 Å². The summed E-state index contributed by atoms with van der Waals surface area (Å²) < 4.78 is 10.3. The number of halogens is 1. The van der Waals surface area contributed by atoms with Crippen LogP contribution in [-0.2, 0) is 4.79 Å². The van der Waals surface area contributed by atoms with Crippen LogP contribution >= 0.6 is 11.6 Å². The second kappa shape index (κ2) is 3.72. The summed E-state index contributed by atoms with van der Waals surface area (Å²) in [4.78, 5) is 10.5. The zero-order valence-electron chi connectivity index (χ0n) is 7.20. The highest BCUT2D eigenvalue weighted by Gasteiger charge is 2.11. The second-order valence-corrected chi connectivity index (χ2v) is 3.12. The van der Waals surface area contributed by atoms with Crippen molar-refractivity contribution in [3.63, 3.8) is 0 Å². The van der Waals surface area contributed by atoms with Gasteiger partial charge in [0.05, 0.1) is 0 Å². The number of allylic oxidation sites excluding steroid dienone is 1. The van der Waals surface area contributed by atoms with E-state index in [2.05, 4.69) is 0 Å². The van der Waals surface area contributed by atoms with Gasteiger partial charge in [-0.25, -0.2) is 0 Å². The largest absolute Gasteiger partial charge is 0.454 e. The number of fused-ring (bicyclic) bond motifs is 1. The molecule has 4 heteroatoms. The molecular weight excluding hydrogens is 204 g/mol. The maximum absolute atomic E-state index is 10.5. The second-order valence-electron chi connectivity index (χ2n) is 2.75. The first-order valence-corrected chi connectivity index (χ1v) is 4.41. The minimum Gasteiger partial charge on any atom is -0.454 e. The number of rotatable bonds is 2. The van der Waals surface area contributed by atoms with Crippen LogP contribution in [-0.4, -0.2) is 12.0 Å². The molecule has 0 unspecified atom stereocenters. The number of benzene rings is 1. The molecule has 3 nitrogen and oxygen atoms in total. The van der Waals surface area contributed by atoms with Crippen molar-refractivity contribution in [1.29, 1.82) is 0 Å². The standard InChI is InChI=1S/C10H7ClO3/c11-10(12)4-2-7-1-3-8-9(5-7)14-6-13-8/h1-5H,6H2/b4-2+. The fraction of sp³-hybridized carbons (Fsp3) is 0.100.